The molecule has 108 valence electrons. The second-order valence-corrected chi connectivity index (χ2v) is 5.23. The van der Waals surface area contributed by atoms with Crippen molar-refractivity contribution in [2.24, 2.45) is 11.7 Å². The molecule has 2 rings (SSSR count). The van der Waals surface area contributed by atoms with Crippen molar-refractivity contribution in [3.8, 4) is 0 Å². The Morgan fingerprint density at radius 1 is 1.15 bits per heavy atom. The SMILES string of the molecule is NC(=O)C(NC(=O)C1CCCCC1)c1ccc(F)cc1. The summed E-state index contributed by atoms with van der Waals surface area (Å²) in [5.41, 5.74) is 5.84. The maximum Gasteiger partial charge on any atom is 0.244 e. The van der Waals surface area contributed by atoms with Crippen molar-refractivity contribution in [3.63, 3.8) is 0 Å². The van der Waals surface area contributed by atoms with Crippen LogP contribution < -0.4 is 11.1 Å². The molecular formula is C15H19FN2O2. The highest BCUT2D eigenvalue weighted by Gasteiger charge is 2.26. The van der Waals surface area contributed by atoms with Crippen LogP contribution in [0.4, 0.5) is 4.39 Å². The fourth-order valence-electron chi connectivity index (χ4n) is 2.60. The number of amides is 2. The van der Waals surface area contributed by atoms with Gasteiger partial charge in [0.1, 0.15) is 11.9 Å². The number of carbonyl (C=O) groups is 2. The zero-order chi connectivity index (χ0) is 14.5. The minimum Gasteiger partial charge on any atom is -0.368 e. The molecule has 1 saturated carbocycles. The van der Waals surface area contributed by atoms with Crippen LogP contribution in [0.3, 0.4) is 0 Å². The van der Waals surface area contributed by atoms with Crippen LogP contribution in [0.5, 0.6) is 0 Å². The molecule has 2 amide bonds. The molecule has 0 saturated heterocycles. The van der Waals surface area contributed by atoms with E-state index >= 15 is 0 Å². The van der Waals surface area contributed by atoms with E-state index in [9.17, 15) is 14.0 Å². The van der Waals surface area contributed by atoms with Gasteiger partial charge < -0.3 is 11.1 Å². The Bertz CT molecular complexity index is 481. The van der Waals surface area contributed by atoms with Crippen LogP contribution in [-0.4, -0.2) is 11.8 Å². The molecule has 5 heteroatoms. The van der Waals surface area contributed by atoms with Gasteiger partial charge in [-0.15, -0.1) is 0 Å². The van der Waals surface area contributed by atoms with E-state index in [1.54, 1.807) is 0 Å². The Balaban J connectivity index is 2.07. The fourth-order valence-corrected chi connectivity index (χ4v) is 2.60. The third-order valence-corrected chi connectivity index (χ3v) is 3.75. The molecule has 3 N–H and O–H groups in total. The van der Waals surface area contributed by atoms with E-state index in [0.717, 1.165) is 32.1 Å². The highest BCUT2D eigenvalue weighted by Crippen LogP contribution is 2.24. The summed E-state index contributed by atoms with van der Waals surface area (Å²) in [5.74, 6) is -1.22. The van der Waals surface area contributed by atoms with Crippen molar-refractivity contribution < 1.29 is 14.0 Å². The number of hydrogen-bond donors (Lipinski definition) is 2. The number of primary amides is 1. The van der Waals surface area contributed by atoms with Gasteiger partial charge in [-0.25, -0.2) is 4.39 Å². The molecule has 1 aliphatic carbocycles. The molecule has 0 aliphatic heterocycles. The van der Waals surface area contributed by atoms with E-state index in [1.807, 2.05) is 0 Å². The van der Waals surface area contributed by atoms with Crippen LogP contribution in [0, 0.1) is 11.7 Å². The lowest BCUT2D eigenvalue weighted by molar-refractivity contribution is -0.130. The predicted molar refractivity (Wildman–Crippen MR) is 73.1 cm³/mol. The summed E-state index contributed by atoms with van der Waals surface area (Å²) in [7, 11) is 0. The third kappa shape index (κ3) is 3.56. The first-order chi connectivity index (χ1) is 9.58. The van der Waals surface area contributed by atoms with Crippen LogP contribution in [-0.2, 0) is 9.59 Å². The van der Waals surface area contributed by atoms with Crippen molar-refractivity contribution in [3.05, 3.63) is 35.6 Å². The Morgan fingerprint density at radius 2 is 1.75 bits per heavy atom. The Kier molecular flexibility index (Phi) is 4.71. The van der Waals surface area contributed by atoms with E-state index in [-0.39, 0.29) is 11.8 Å². The normalized spacial score (nSPS) is 17.4. The topological polar surface area (TPSA) is 72.2 Å². The second-order valence-electron chi connectivity index (χ2n) is 5.23. The molecule has 4 nitrogen and oxygen atoms in total. The van der Waals surface area contributed by atoms with Crippen LogP contribution in [0.25, 0.3) is 0 Å². The molecule has 1 fully saturated rings. The summed E-state index contributed by atoms with van der Waals surface area (Å²) in [6.07, 6.45) is 4.92. The lowest BCUT2D eigenvalue weighted by Crippen LogP contribution is -2.41. The summed E-state index contributed by atoms with van der Waals surface area (Å²) in [6.45, 7) is 0. The van der Waals surface area contributed by atoms with Gasteiger partial charge in [-0.2, -0.15) is 0 Å². The van der Waals surface area contributed by atoms with E-state index < -0.39 is 17.8 Å². The predicted octanol–water partition coefficient (Wildman–Crippen LogP) is 2.05. The van der Waals surface area contributed by atoms with Crippen molar-refractivity contribution in [2.45, 2.75) is 38.1 Å². The molecule has 1 unspecified atom stereocenters. The zero-order valence-electron chi connectivity index (χ0n) is 11.3. The van der Waals surface area contributed by atoms with Gasteiger partial charge >= 0.3 is 0 Å². The molecule has 0 bridgehead atoms. The van der Waals surface area contributed by atoms with Crippen LogP contribution in [0.2, 0.25) is 0 Å². The number of hydrogen-bond acceptors (Lipinski definition) is 2. The first-order valence-corrected chi connectivity index (χ1v) is 6.93. The number of carbonyl (C=O) groups excluding carboxylic acids is 2. The summed E-state index contributed by atoms with van der Waals surface area (Å²) in [5, 5.41) is 2.69. The highest BCUT2D eigenvalue weighted by atomic mass is 19.1. The minimum absolute atomic E-state index is 0.0500. The summed E-state index contributed by atoms with van der Waals surface area (Å²) < 4.78 is 12.9. The molecule has 0 radical (unpaired) electrons. The van der Waals surface area contributed by atoms with Gasteiger partial charge in [0, 0.05) is 5.92 Å². The zero-order valence-corrected chi connectivity index (χ0v) is 11.3. The summed E-state index contributed by atoms with van der Waals surface area (Å²) in [4.78, 5) is 23.7. The van der Waals surface area contributed by atoms with Crippen LogP contribution in [0.15, 0.2) is 24.3 Å². The van der Waals surface area contributed by atoms with Crippen molar-refractivity contribution in [1.82, 2.24) is 5.32 Å². The van der Waals surface area contributed by atoms with Crippen LogP contribution in [0.1, 0.15) is 43.7 Å². The second kappa shape index (κ2) is 6.50. The van der Waals surface area contributed by atoms with Gasteiger partial charge in [0.25, 0.3) is 0 Å². The molecule has 0 spiro atoms. The van der Waals surface area contributed by atoms with Gasteiger partial charge in [-0.3, -0.25) is 9.59 Å². The number of benzene rings is 1. The van der Waals surface area contributed by atoms with Crippen LogP contribution >= 0.6 is 0 Å². The van der Waals surface area contributed by atoms with Crippen molar-refractivity contribution >= 4 is 11.8 Å². The van der Waals surface area contributed by atoms with Gasteiger partial charge in [-0.05, 0) is 30.5 Å². The molecule has 0 heterocycles. The minimum atomic E-state index is -0.898. The largest absolute Gasteiger partial charge is 0.368 e. The van der Waals surface area contributed by atoms with Gasteiger partial charge in [0.15, 0.2) is 0 Å². The lowest BCUT2D eigenvalue weighted by Gasteiger charge is -2.23. The van der Waals surface area contributed by atoms with E-state index in [4.69, 9.17) is 5.73 Å². The molecule has 1 aromatic rings. The average molecular weight is 278 g/mol. The monoisotopic (exact) mass is 278 g/mol. The Hall–Kier alpha value is -1.91. The van der Waals surface area contributed by atoms with Crippen molar-refractivity contribution in [2.75, 3.05) is 0 Å². The summed E-state index contributed by atoms with van der Waals surface area (Å²) >= 11 is 0. The van der Waals surface area contributed by atoms with E-state index in [1.165, 1.54) is 24.3 Å². The Morgan fingerprint density at radius 3 is 2.30 bits per heavy atom. The summed E-state index contributed by atoms with van der Waals surface area (Å²) in [6, 6.07) is 4.53. The number of nitrogens with one attached hydrogen (secondary N) is 1. The smallest absolute Gasteiger partial charge is 0.244 e. The van der Waals surface area contributed by atoms with E-state index in [0.29, 0.717) is 5.56 Å². The highest BCUT2D eigenvalue weighted by molar-refractivity contribution is 5.88. The van der Waals surface area contributed by atoms with Gasteiger partial charge in [-0.1, -0.05) is 31.4 Å². The molecule has 1 aliphatic rings. The number of halogens is 1. The first kappa shape index (κ1) is 14.5. The maximum absolute atomic E-state index is 12.9. The molecular weight excluding hydrogens is 259 g/mol. The average Bonchev–Trinajstić information content (AvgIpc) is 2.46. The molecule has 20 heavy (non-hydrogen) atoms. The standard InChI is InChI=1S/C15H19FN2O2/c16-12-8-6-10(7-9-12)13(14(17)19)18-15(20)11-4-2-1-3-5-11/h6-9,11,13H,1-5H2,(H2,17,19)(H,18,20). The Labute approximate surface area is 117 Å². The molecule has 1 aromatic carbocycles. The van der Waals surface area contributed by atoms with Gasteiger partial charge in [0.2, 0.25) is 11.8 Å². The number of rotatable bonds is 4. The fraction of sp³-hybridized carbons (Fsp3) is 0.467. The number of nitrogens with two attached hydrogens (primary N) is 1. The quantitative estimate of drug-likeness (QED) is 0.884. The van der Waals surface area contributed by atoms with E-state index in [2.05, 4.69) is 5.32 Å². The lowest BCUT2D eigenvalue weighted by atomic mass is 9.88. The van der Waals surface area contributed by atoms with Crippen molar-refractivity contribution in [1.29, 1.82) is 0 Å². The molecule has 0 aromatic heterocycles. The van der Waals surface area contributed by atoms with Gasteiger partial charge in [0.05, 0.1) is 0 Å². The third-order valence-electron chi connectivity index (χ3n) is 3.75. The maximum atomic E-state index is 12.9. The molecule has 1 atom stereocenters. The first-order valence-electron chi connectivity index (χ1n) is 6.93.